The summed E-state index contributed by atoms with van der Waals surface area (Å²) in [6.07, 6.45) is -0.196. The molecule has 1 spiro atoms. The number of amides is 1. The van der Waals surface area contributed by atoms with Crippen LogP contribution in [-0.2, 0) is 9.47 Å². The molecule has 3 rings (SSSR count). The zero-order chi connectivity index (χ0) is 14.4. The fourth-order valence-electron chi connectivity index (χ4n) is 3.43. The molecular formula is C14H25N3O3. The average molecular weight is 283 g/mol. The Labute approximate surface area is 120 Å². The lowest BCUT2D eigenvalue weighted by atomic mass is 9.84. The second-order valence-electron chi connectivity index (χ2n) is 7.11. The van der Waals surface area contributed by atoms with Crippen LogP contribution in [0.2, 0.25) is 0 Å². The van der Waals surface area contributed by atoms with Crippen molar-refractivity contribution in [1.29, 1.82) is 0 Å². The summed E-state index contributed by atoms with van der Waals surface area (Å²) in [5, 5.41) is 3.48. The first kappa shape index (κ1) is 14.1. The van der Waals surface area contributed by atoms with E-state index < -0.39 is 5.60 Å². The van der Waals surface area contributed by atoms with Crippen LogP contribution in [0.1, 0.15) is 20.8 Å². The molecule has 6 nitrogen and oxygen atoms in total. The molecule has 3 saturated heterocycles. The summed E-state index contributed by atoms with van der Waals surface area (Å²) in [5.41, 5.74) is -0.338. The fourth-order valence-corrected chi connectivity index (χ4v) is 3.43. The summed E-state index contributed by atoms with van der Waals surface area (Å²) in [4.78, 5) is 16.4. The highest BCUT2D eigenvalue weighted by atomic mass is 16.6. The van der Waals surface area contributed by atoms with E-state index in [-0.39, 0.29) is 11.6 Å². The molecule has 0 radical (unpaired) electrons. The normalized spacial score (nSPS) is 29.8. The first-order valence-electron chi connectivity index (χ1n) is 7.43. The van der Waals surface area contributed by atoms with E-state index in [0.29, 0.717) is 6.04 Å². The van der Waals surface area contributed by atoms with Gasteiger partial charge in [0.25, 0.3) is 0 Å². The standard InChI is InChI=1S/C14H25N3O3/c1-13(2,3)20-12(18)16-9-14(10-16)8-15-6-11-7-19-5-4-17(11)14/h11,15H,4-10H2,1-3H3/t11-/m0/s1. The first-order valence-corrected chi connectivity index (χ1v) is 7.43. The molecule has 0 aromatic rings. The van der Waals surface area contributed by atoms with Crippen molar-refractivity contribution in [3.05, 3.63) is 0 Å². The zero-order valence-electron chi connectivity index (χ0n) is 12.6. The van der Waals surface area contributed by atoms with Gasteiger partial charge in [0.15, 0.2) is 0 Å². The molecule has 114 valence electrons. The highest BCUT2D eigenvalue weighted by Crippen LogP contribution is 2.33. The number of ether oxygens (including phenoxy) is 2. The molecule has 0 aromatic heterocycles. The van der Waals surface area contributed by atoms with Gasteiger partial charge in [0.05, 0.1) is 18.8 Å². The van der Waals surface area contributed by atoms with Crippen LogP contribution in [0.15, 0.2) is 0 Å². The predicted molar refractivity (Wildman–Crippen MR) is 74.7 cm³/mol. The Balaban J connectivity index is 1.61. The summed E-state index contributed by atoms with van der Waals surface area (Å²) >= 11 is 0. The number of nitrogens with zero attached hydrogens (tertiary/aromatic N) is 2. The molecule has 0 aliphatic carbocycles. The van der Waals surface area contributed by atoms with Crippen LogP contribution in [0.4, 0.5) is 4.79 Å². The van der Waals surface area contributed by atoms with Gasteiger partial charge in [-0.25, -0.2) is 4.79 Å². The van der Waals surface area contributed by atoms with Gasteiger partial charge in [-0.15, -0.1) is 0 Å². The number of rotatable bonds is 0. The Kier molecular flexibility index (Phi) is 3.43. The summed E-state index contributed by atoms with van der Waals surface area (Å²) < 4.78 is 11.0. The number of piperazine rings is 1. The number of hydrogen-bond donors (Lipinski definition) is 1. The molecule has 1 amide bonds. The van der Waals surface area contributed by atoms with Gasteiger partial charge in [0.1, 0.15) is 5.60 Å². The number of carbonyl (C=O) groups excluding carboxylic acids is 1. The van der Waals surface area contributed by atoms with Crippen LogP contribution in [0.5, 0.6) is 0 Å². The van der Waals surface area contributed by atoms with E-state index in [0.717, 1.165) is 45.9 Å². The maximum Gasteiger partial charge on any atom is 0.410 e. The fraction of sp³-hybridized carbons (Fsp3) is 0.929. The van der Waals surface area contributed by atoms with Crippen LogP contribution in [0.3, 0.4) is 0 Å². The molecule has 3 fully saturated rings. The van der Waals surface area contributed by atoms with Gasteiger partial charge < -0.3 is 19.7 Å². The molecule has 0 unspecified atom stereocenters. The van der Waals surface area contributed by atoms with E-state index in [9.17, 15) is 4.79 Å². The van der Waals surface area contributed by atoms with Crippen molar-refractivity contribution >= 4 is 6.09 Å². The van der Waals surface area contributed by atoms with E-state index in [1.54, 1.807) is 0 Å². The van der Waals surface area contributed by atoms with Crippen LogP contribution in [-0.4, -0.2) is 79.0 Å². The lowest BCUT2D eigenvalue weighted by Gasteiger charge is -2.61. The first-order chi connectivity index (χ1) is 9.40. The number of nitrogens with one attached hydrogen (secondary N) is 1. The van der Waals surface area contributed by atoms with Gasteiger partial charge in [0, 0.05) is 38.8 Å². The molecule has 0 saturated carbocycles. The van der Waals surface area contributed by atoms with Gasteiger partial charge in [0.2, 0.25) is 0 Å². The largest absolute Gasteiger partial charge is 0.444 e. The van der Waals surface area contributed by atoms with Gasteiger partial charge in [-0.05, 0) is 20.8 Å². The van der Waals surface area contributed by atoms with E-state index in [4.69, 9.17) is 9.47 Å². The summed E-state index contributed by atoms with van der Waals surface area (Å²) in [5.74, 6) is 0. The summed E-state index contributed by atoms with van der Waals surface area (Å²) in [6, 6.07) is 0.443. The highest BCUT2D eigenvalue weighted by molar-refractivity contribution is 5.70. The van der Waals surface area contributed by atoms with Gasteiger partial charge in [-0.2, -0.15) is 0 Å². The van der Waals surface area contributed by atoms with E-state index in [1.807, 2.05) is 25.7 Å². The van der Waals surface area contributed by atoms with Crippen molar-refractivity contribution < 1.29 is 14.3 Å². The molecule has 20 heavy (non-hydrogen) atoms. The van der Waals surface area contributed by atoms with Crippen LogP contribution in [0.25, 0.3) is 0 Å². The van der Waals surface area contributed by atoms with E-state index >= 15 is 0 Å². The minimum Gasteiger partial charge on any atom is -0.444 e. The highest BCUT2D eigenvalue weighted by Gasteiger charge is 2.54. The molecular weight excluding hydrogens is 258 g/mol. The smallest absolute Gasteiger partial charge is 0.410 e. The number of hydrogen-bond acceptors (Lipinski definition) is 5. The van der Waals surface area contributed by atoms with Gasteiger partial charge in [-0.3, -0.25) is 4.90 Å². The van der Waals surface area contributed by atoms with Crippen molar-refractivity contribution in [2.24, 2.45) is 0 Å². The van der Waals surface area contributed by atoms with E-state index in [1.165, 1.54) is 0 Å². The second kappa shape index (κ2) is 4.86. The van der Waals surface area contributed by atoms with Crippen LogP contribution < -0.4 is 5.32 Å². The zero-order valence-corrected chi connectivity index (χ0v) is 12.6. The minimum absolute atomic E-state index is 0.0869. The number of fused-ring (bicyclic) bond motifs is 2. The number of likely N-dealkylation sites (tertiary alicyclic amines) is 1. The molecule has 3 aliphatic heterocycles. The monoisotopic (exact) mass is 283 g/mol. The van der Waals surface area contributed by atoms with Crippen molar-refractivity contribution in [2.75, 3.05) is 45.9 Å². The lowest BCUT2D eigenvalue weighted by Crippen LogP contribution is -2.80. The Morgan fingerprint density at radius 2 is 2.15 bits per heavy atom. The third-order valence-corrected chi connectivity index (χ3v) is 4.29. The SMILES string of the molecule is CC(C)(C)OC(=O)N1CC2(CNC[C@H]3COCCN32)C1. The Morgan fingerprint density at radius 1 is 1.40 bits per heavy atom. The molecule has 3 aliphatic rings. The Morgan fingerprint density at radius 3 is 2.85 bits per heavy atom. The third kappa shape index (κ3) is 2.52. The van der Waals surface area contributed by atoms with E-state index in [2.05, 4.69) is 10.2 Å². The maximum absolute atomic E-state index is 12.1. The summed E-state index contributed by atoms with van der Waals surface area (Å²) in [7, 11) is 0. The molecule has 6 heteroatoms. The predicted octanol–water partition coefficient (Wildman–Crippen LogP) is 0.280. The van der Waals surface area contributed by atoms with Crippen LogP contribution >= 0.6 is 0 Å². The lowest BCUT2D eigenvalue weighted by molar-refractivity contribution is -0.135. The Bertz CT molecular complexity index is 386. The Hall–Kier alpha value is -0.850. The molecule has 3 heterocycles. The average Bonchev–Trinajstić information content (AvgIpc) is 2.33. The number of morpholine rings is 1. The molecule has 1 atom stereocenters. The second-order valence-corrected chi connectivity index (χ2v) is 7.11. The molecule has 1 N–H and O–H groups in total. The van der Waals surface area contributed by atoms with Crippen molar-refractivity contribution in [3.63, 3.8) is 0 Å². The summed E-state index contributed by atoms with van der Waals surface area (Å²) in [6.45, 7) is 11.7. The van der Waals surface area contributed by atoms with Gasteiger partial charge in [-0.1, -0.05) is 0 Å². The third-order valence-electron chi connectivity index (χ3n) is 4.29. The molecule has 0 aromatic carbocycles. The van der Waals surface area contributed by atoms with Crippen molar-refractivity contribution in [2.45, 2.75) is 38.0 Å². The number of carbonyl (C=O) groups is 1. The topological polar surface area (TPSA) is 54.0 Å². The minimum atomic E-state index is -0.424. The van der Waals surface area contributed by atoms with Crippen molar-refractivity contribution in [1.82, 2.24) is 15.1 Å². The van der Waals surface area contributed by atoms with Gasteiger partial charge >= 0.3 is 6.09 Å². The van der Waals surface area contributed by atoms with Crippen molar-refractivity contribution in [3.8, 4) is 0 Å². The van der Waals surface area contributed by atoms with Crippen LogP contribution in [0, 0.1) is 0 Å². The maximum atomic E-state index is 12.1. The molecule has 0 bridgehead atoms. The quantitative estimate of drug-likeness (QED) is 0.692.